The number of aryl methyl sites for hydroxylation is 1. The smallest absolute Gasteiger partial charge is 0.262 e. The summed E-state index contributed by atoms with van der Waals surface area (Å²) in [6, 6.07) is 11.8. The molecule has 0 N–H and O–H groups in total. The van der Waals surface area contributed by atoms with Gasteiger partial charge in [-0.15, -0.1) is 0 Å². The second-order valence-electron chi connectivity index (χ2n) is 8.58. The van der Waals surface area contributed by atoms with Gasteiger partial charge in [-0.25, -0.2) is 4.98 Å². The zero-order valence-corrected chi connectivity index (χ0v) is 19.6. The SMILES string of the molecule is CCc1ccc(-c2noc(CSc3nc4cc5c(cc4c(=O)n3C3CCCC3)OCO5)n2)cc1. The lowest BCUT2D eigenvalue weighted by atomic mass is 10.1. The molecule has 1 aliphatic carbocycles. The molecule has 2 aromatic carbocycles. The van der Waals surface area contributed by atoms with Gasteiger partial charge >= 0.3 is 0 Å². The highest BCUT2D eigenvalue weighted by atomic mass is 32.2. The van der Waals surface area contributed by atoms with Crippen LogP contribution in [0.2, 0.25) is 0 Å². The minimum atomic E-state index is -0.0417. The van der Waals surface area contributed by atoms with Gasteiger partial charge in [0.25, 0.3) is 5.56 Å². The number of rotatable bonds is 6. The second-order valence-corrected chi connectivity index (χ2v) is 9.52. The molecule has 0 spiro atoms. The Kier molecular flexibility index (Phi) is 5.49. The molecule has 0 unspecified atom stereocenters. The molecule has 2 aromatic heterocycles. The molecule has 34 heavy (non-hydrogen) atoms. The fourth-order valence-electron chi connectivity index (χ4n) is 4.60. The lowest BCUT2D eigenvalue weighted by molar-refractivity contribution is 0.174. The van der Waals surface area contributed by atoms with Crippen LogP contribution < -0.4 is 15.0 Å². The molecule has 2 aliphatic rings. The van der Waals surface area contributed by atoms with Crippen molar-refractivity contribution in [3.8, 4) is 22.9 Å². The van der Waals surface area contributed by atoms with Crippen molar-refractivity contribution < 1.29 is 14.0 Å². The third-order valence-electron chi connectivity index (χ3n) is 6.47. The Morgan fingerprint density at radius 2 is 1.82 bits per heavy atom. The van der Waals surface area contributed by atoms with Crippen LogP contribution in [-0.2, 0) is 12.2 Å². The van der Waals surface area contributed by atoms with Crippen LogP contribution in [0.1, 0.15) is 50.1 Å². The van der Waals surface area contributed by atoms with Crippen molar-refractivity contribution in [1.29, 1.82) is 0 Å². The van der Waals surface area contributed by atoms with E-state index in [0.29, 0.717) is 45.0 Å². The normalized spacial score (nSPS) is 15.4. The van der Waals surface area contributed by atoms with Gasteiger partial charge in [0.05, 0.1) is 16.7 Å². The number of ether oxygens (including phenoxy) is 2. The number of hydrogen-bond donors (Lipinski definition) is 0. The highest BCUT2D eigenvalue weighted by molar-refractivity contribution is 7.98. The van der Waals surface area contributed by atoms with Crippen molar-refractivity contribution in [3.63, 3.8) is 0 Å². The van der Waals surface area contributed by atoms with Crippen LogP contribution in [0, 0.1) is 0 Å². The lowest BCUT2D eigenvalue weighted by Crippen LogP contribution is -2.26. The predicted molar refractivity (Wildman–Crippen MR) is 128 cm³/mol. The van der Waals surface area contributed by atoms with E-state index in [0.717, 1.165) is 37.7 Å². The highest BCUT2D eigenvalue weighted by Gasteiger charge is 2.25. The van der Waals surface area contributed by atoms with Gasteiger partial charge in [-0.2, -0.15) is 4.98 Å². The van der Waals surface area contributed by atoms with Crippen LogP contribution in [0.4, 0.5) is 0 Å². The van der Waals surface area contributed by atoms with Gasteiger partial charge in [-0.1, -0.05) is 60.9 Å². The van der Waals surface area contributed by atoms with Crippen LogP contribution in [0.5, 0.6) is 11.5 Å². The van der Waals surface area contributed by atoms with Gasteiger partial charge in [0, 0.05) is 17.7 Å². The summed E-state index contributed by atoms with van der Waals surface area (Å²) in [6.45, 7) is 2.28. The van der Waals surface area contributed by atoms with Crippen molar-refractivity contribution in [2.24, 2.45) is 0 Å². The van der Waals surface area contributed by atoms with E-state index in [9.17, 15) is 4.79 Å². The predicted octanol–water partition coefficient (Wildman–Crippen LogP) is 5.15. The number of benzene rings is 2. The van der Waals surface area contributed by atoms with E-state index in [1.807, 2.05) is 16.7 Å². The Bertz CT molecular complexity index is 1410. The summed E-state index contributed by atoms with van der Waals surface area (Å²) >= 11 is 1.45. The van der Waals surface area contributed by atoms with E-state index in [2.05, 4.69) is 29.2 Å². The summed E-state index contributed by atoms with van der Waals surface area (Å²) in [5, 5.41) is 5.36. The van der Waals surface area contributed by atoms with Crippen molar-refractivity contribution in [3.05, 3.63) is 58.2 Å². The van der Waals surface area contributed by atoms with E-state index < -0.39 is 0 Å². The maximum atomic E-state index is 13.6. The Balaban J connectivity index is 1.32. The first-order valence-corrected chi connectivity index (χ1v) is 12.6. The first-order valence-electron chi connectivity index (χ1n) is 11.6. The molecule has 0 amide bonds. The molecule has 9 heteroatoms. The highest BCUT2D eigenvalue weighted by Crippen LogP contribution is 2.37. The maximum absolute atomic E-state index is 13.6. The molecule has 6 rings (SSSR count). The van der Waals surface area contributed by atoms with Crippen molar-refractivity contribution >= 4 is 22.7 Å². The molecule has 0 bridgehead atoms. The van der Waals surface area contributed by atoms with Gasteiger partial charge in [0.1, 0.15) is 0 Å². The van der Waals surface area contributed by atoms with Crippen LogP contribution in [0.3, 0.4) is 0 Å². The summed E-state index contributed by atoms with van der Waals surface area (Å²) in [4.78, 5) is 23.0. The fraction of sp³-hybridized carbons (Fsp3) is 0.360. The first-order chi connectivity index (χ1) is 16.7. The summed E-state index contributed by atoms with van der Waals surface area (Å²) in [5.41, 5.74) is 2.74. The van der Waals surface area contributed by atoms with Gasteiger partial charge in [0.2, 0.25) is 18.5 Å². The molecule has 0 saturated heterocycles. The molecule has 0 radical (unpaired) electrons. The van der Waals surface area contributed by atoms with Gasteiger partial charge in [0.15, 0.2) is 16.7 Å². The Labute approximate surface area is 200 Å². The molecular weight excluding hydrogens is 452 g/mol. The molecule has 8 nitrogen and oxygen atoms in total. The lowest BCUT2D eigenvalue weighted by Gasteiger charge is -2.18. The Hall–Kier alpha value is -3.33. The minimum Gasteiger partial charge on any atom is -0.454 e. The van der Waals surface area contributed by atoms with Crippen LogP contribution in [-0.4, -0.2) is 26.5 Å². The third kappa shape index (κ3) is 3.83. The average Bonchev–Trinajstić information content (AvgIpc) is 3.64. The van der Waals surface area contributed by atoms with Crippen LogP contribution in [0.25, 0.3) is 22.3 Å². The summed E-state index contributed by atoms with van der Waals surface area (Å²) in [5.74, 6) is 2.69. The Morgan fingerprint density at radius 3 is 2.59 bits per heavy atom. The number of hydrogen-bond acceptors (Lipinski definition) is 8. The maximum Gasteiger partial charge on any atom is 0.262 e. The third-order valence-corrected chi connectivity index (χ3v) is 7.40. The second kappa shape index (κ2) is 8.79. The largest absolute Gasteiger partial charge is 0.454 e. The molecule has 1 fully saturated rings. The number of aromatic nitrogens is 4. The molecule has 1 saturated carbocycles. The quantitative estimate of drug-likeness (QED) is 0.279. The number of thioether (sulfide) groups is 1. The molecule has 4 aromatic rings. The summed E-state index contributed by atoms with van der Waals surface area (Å²) < 4.78 is 18.3. The summed E-state index contributed by atoms with van der Waals surface area (Å²) in [6.07, 6.45) is 5.17. The van der Waals surface area contributed by atoms with E-state index >= 15 is 0 Å². The van der Waals surface area contributed by atoms with Gasteiger partial charge in [-0.05, 0) is 30.9 Å². The van der Waals surface area contributed by atoms with Crippen molar-refractivity contribution in [2.45, 2.75) is 56.0 Å². The average molecular weight is 477 g/mol. The fourth-order valence-corrected chi connectivity index (χ4v) is 5.51. The topological polar surface area (TPSA) is 92.3 Å². The zero-order chi connectivity index (χ0) is 23.1. The van der Waals surface area contributed by atoms with Crippen molar-refractivity contribution in [1.82, 2.24) is 19.7 Å². The standard InChI is InChI=1S/C25H24N4O4S/c1-2-15-7-9-16(10-8-15)23-27-22(33-28-23)13-34-25-26-19-12-21-20(31-14-32-21)11-18(19)24(30)29(25)17-5-3-4-6-17/h7-12,17H,2-6,13-14H2,1H3. The minimum absolute atomic E-state index is 0.0417. The first kappa shape index (κ1) is 21.2. The molecule has 3 heterocycles. The number of fused-ring (bicyclic) bond motifs is 2. The Morgan fingerprint density at radius 1 is 1.06 bits per heavy atom. The molecule has 174 valence electrons. The molecule has 1 aliphatic heterocycles. The van der Waals surface area contributed by atoms with Gasteiger partial charge in [-0.3, -0.25) is 9.36 Å². The van der Waals surface area contributed by atoms with E-state index in [1.54, 1.807) is 12.1 Å². The van der Waals surface area contributed by atoms with E-state index in [-0.39, 0.29) is 18.4 Å². The number of nitrogens with zero attached hydrogens (tertiary/aromatic N) is 4. The van der Waals surface area contributed by atoms with E-state index in [4.69, 9.17) is 19.0 Å². The molecule has 0 atom stereocenters. The van der Waals surface area contributed by atoms with Crippen LogP contribution in [0.15, 0.2) is 50.9 Å². The summed E-state index contributed by atoms with van der Waals surface area (Å²) in [7, 11) is 0. The monoisotopic (exact) mass is 476 g/mol. The van der Waals surface area contributed by atoms with E-state index in [1.165, 1.54) is 17.3 Å². The van der Waals surface area contributed by atoms with Crippen molar-refractivity contribution in [2.75, 3.05) is 6.79 Å². The van der Waals surface area contributed by atoms with Gasteiger partial charge < -0.3 is 14.0 Å². The zero-order valence-electron chi connectivity index (χ0n) is 18.8. The van der Waals surface area contributed by atoms with Crippen LogP contribution >= 0.6 is 11.8 Å². The molecular formula is C25H24N4O4S.